The van der Waals surface area contributed by atoms with Crippen LogP contribution in [0.5, 0.6) is 0 Å². The van der Waals surface area contributed by atoms with E-state index in [4.69, 9.17) is 52.8 Å². The van der Waals surface area contributed by atoms with Gasteiger partial charge in [0.05, 0.1) is 50.2 Å². The summed E-state index contributed by atoms with van der Waals surface area (Å²) in [4.78, 5) is 14.1. The van der Waals surface area contributed by atoms with Crippen molar-refractivity contribution in [3.63, 3.8) is 0 Å². The number of hydrogen-bond acceptors (Lipinski definition) is 6. The van der Waals surface area contributed by atoms with E-state index in [9.17, 15) is 0 Å². The summed E-state index contributed by atoms with van der Waals surface area (Å²) in [5, 5.41) is 1.82. The lowest BCUT2D eigenvalue weighted by Gasteiger charge is -2.19. The van der Waals surface area contributed by atoms with Gasteiger partial charge in [0.1, 0.15) is 0 Å². The molecule has 0 spiro atoms. The van der Waals surface area contributed by atoms with Crippen LogP contribution in [0.1, 0.15) is 5.56 Å². The van der Waals surface area contributed by atoms with E-state index in [1.807, 2.05) is 54.6 Å². The Kier molecular flexibility index (Phi) is 5.14. The molecule has 0 amide bonds. The van der Waals surface area contributed by atoms with Crippen molar-refractivity contribution in [3.8, 4) is 17.1 Å². The highest BCUT2D eigenvalue weighted by molar-refractivity contribution is 7.80. The summed E-state index contributed by atoms with van der Waals surface area (Å²) in [6.45, 7) is 2.10. The lowest BCUT2D eigenvalue weighted by atomic mass is 10.1. The van der Waals surface area contributed by atoms with Crippen molar-refractivity contribution in [2.75, 3.05) is 0 Å². The van der Waals surface area contributed by atoms with Gasteiger partial charge >= 0.3 is 0 Å². The lowest BCUT2D eigenvalue weighted by molar-refractivity contribution is 0.872. The van der Waals surface area contributed by atoms with Gasteiger partial charge in [-0.3, -0.25) is 13.7 Å². The Bertz CT molecular complexity index is 1900. The summed E-state index contributed by atoms with van der Waals surface area (Å²) in [5.41, 5.74) is 9.39. The Balaban J connectivity index is 1.62. The van der Waals surface area contributed by atoms with E-state index >= 15 is 0 Å². The second-order valence-corrected chi connectivity index (χ2v) is 10.0. The molecule has 0 bridgehead atoms. The van der Waals surface area contributed by atoms with Crippen molar-refractivity contribution < 1.29 is 0 Å². The monoisotopic (exact) mass is 536 g/mol. The third-order valence-electron chi connectivity index (χ3n) is 6.71. The van der Waals surface area contributed by atoms with Crippen LogP contribution in [0.2, 0.25) is 0 Å². The molecule has 0 saturated heterocycles. The molecule has 37 heavy (non-hydrogen) atoms. The second-order valence-electron chi connectivity index (χ2n) is 8.82. The molecule has 0 unspecified atom stereocenters. The molecule has 0 radical (unpaired) electrons. The van der Waals surface area contributed by atoms with E-state index < -0.39 is 0 Å². The zero-order valence-electron chi connectivity index (χ0n) is 19.6. The molecule has 4 aromatic carbocycles. The van der Waals surface area contributed by atoms with Crippen LogP contribution >= 0.6 is 37.9 Å². The van der Waals surface area contributed by atoms with Crippen LogP contribution in [-0.2, 0) is 0 Å². The number of aromatic nitrogens is 6. The molecule has 0 saturated carbocycles. The fraction of sp³-hybridized carbons (Fsp3) is 0.0357. The fourth-order valence-corrected chi connectivity index (χ4v) is 6.01. The highest BCUT2D eigenvalue weighted by Crippen LogP contribution is 2.35. The Labute approximate surface area is 228 Å². The topological polar surface area (TPSA) is 53.5 Å². The van der Waals surface area contributed by atoms with Crippen molar-refractivity contribution >= 4 is 71.0 Å². The largest absolute Gasteiger partial charge is 0.287 e. The molecule has 0 atom stereocenters. The first kappa shape index (κ1) is 22.5. The Morgan fingerprint density at radius 3 is 1.30 bits per heavy atom. The van der Waals surface area contributed by atoms with Gasteiger partial charge in [0.2, 0.25) is 0 Å². The minimum absolute atomic E-state index is 0.602. The summed E-state index contributed by atoms with van der Waals surface area (Å²) in [6, 6.07) is 28.4. The third-order valence-corrected chi connectivity index (χ3v) is 7.61. The summed E-state index contributed by atoms with van der Waals surface area (Å²) in [5.74, 6) is 0. The van der Waals surface area contributed by atoms with Crippen molar-refractivity contribution in [3.05, 3.63) is 90.5 Å². The Hall–Kier alpha value is -3.66. The molecule has 0 aliphatic heterocycles. The van der Waals surface area contributed by atoms with E-state index in [1.165, 1.54) is 0 Å². The molecule has 3 aromatic heterocycles. The predicted molar refractivity (Wildman–Crippen MR) is 157 cm³/mol. The first-order chi connectivity index (χ1) is 18.0. The molecule has 180 valence electrons. The van der Waals surface area contributed by atoms with Gasteiger partial charge in [-0.1, -0.05) is 36.4 Å². The molecular weight excluding hydrogens is 517 g/mol. The molecule has 0 fully saturated rings. The first-order valence-corrected chi connectivity index (χ1v) is 13.0. The molecule has 7 aromatic rings. The lowest BCUT2D eigenvalue weighted by Crippen LogP contribution is -2.07. The number of benzene rings is 4. The number of thiol groups is 3. The minimum Gasteiger partial charge on any atom is -0.287 e. The van der Waals surface area contributed by atoms with E-state index in [1.54, 1.807) is 0 Å². The maximum Gasteiger partial charge on any atom is 0.170 e. The summed E-state index contributed by atoms with van der Waals surface area (Å²) in [6.07, 6.45) is 0. The highest BCUT2D eigenvalue weighted by atomic mass is 32.1. The summed E-state index contributed by atoms with van der Waals surface area (Å²) < 4.78 is 6.21. The van der Waals surface area contributed by atoms with Gasteiger partial charge in [-0.15, -0.1) is 37.9 Å². The fourth-order valence-electron chi connectivity index (χ4n) is 5.03. The maximum absolute atomic E-state index is 4.78. The standard InChI is InChI=1S/C28H20N6S3/c1-16-24(33-22-12-6-3-9-19(22)30-27(33)36)14-17(32-21-11-5-2-8-18(21)29-26(32)35)15-25(16)34-23-13-7-4-10-20(23)31-28(34)37/h2-15H,1H3,(H,29,35)(H,30,36)(H,31,37). The number of hydrogen-bond donors (Lipinski definition) is 3. The molecule has 7 rings (SSSR count). The van der Waals surface area contributed by atoms with Crippen molar-refractivity contribution in [1.82, 2.24) is 28.7 Å². The van der Waals surface area contributed by atoms with Gasteiger partial charge in [0.15, 0.2) is 15.5 Å². The Morgan fingerprint density at radius 1 is 0.514 bits per heavy atom. The average molecular weight is 537 g/mol. The van der Waals surface area contributed by atoms with Crippen molar-refractivity contribution in [1.29, 1.82) is 0 Å². The molecule has 0 aliphatic rings. The quantitative estimate of drug-likeness (QED) is 0.216. The van der Waals surface area contributed by atoms with Crippen LogP contribution in [0.25, 0.3) is 50.2 Å². The van der Waals surface area contributed by atoms with Crippen LogP contribution in [0, 0.1) is 6.92 Å². The highest BCUT2D eigenvalue weighted by Gasteiger charge is 2.21. The predicted octanol–water partition coefficient (Wildman–Crippen LogP) is 6.88. The smallest absolute Gasteiger partial charge is 0.170 e. The van der Waals surface area contributed by atoms with Crippen LogP contribution < -0.4 is 0 Å². The van der Waals surface area contributed by atoms with Crippen molar-refractivity contribution in [2.24, 2.45) is 0 Å². The minimum atomic E-state index is 0.602. The van der Waals surface area contributed by atoms with Crippen LogP contribution in [-0.4, -0.2) is 28.7 Å². The van der Waals surface area contributed by atoms with E-state index in [-0.39, 0.29) is 0 Å². The third kappa shape index (κ3) is 3.42. The first-order valence-electron chi connectivity index (χ1n) is 11.7. The number of nitrogens with zero attached hydrogens (tertiary/aromatic N) is 6. The molecule has 0 aliphatic carbocycles. The van der Waals surface area contributed by atoms with E-state index in [0.717, 1.165) is 55.7 Å². The number of para-hydroxylation sites is 6. The van der Waals surface area contributed by atoms with Crippen molar-refractivity contribution in [2.45, 2.75) is 22.4 Å². The molecule has 9 heteroatoms. The molecular formula is C28H20N6S3. The van der Waals surface area contributed by atoms with Gasteiger partial charge in [-0.25, -0.2) is 15.0 Å². The average Bonchev–Trinajstić information content (AvgIpc) is 3.53. The molecule has 0 N–H and O–H groups in total. The van der Waals surface area contributed by atoms with E-state index in [0.29, 0.717) is 15.5 Å². The van der Waals surface area contributed by atoms with E-state index in [2.05, 4.69) is 51.0 Å². The molecule has 3 heterocycles. The maximum atomic E-state index is 4.78. The summed E-state index contributed by atoms with van der Waals surface area (Å²) >= 11 is 14.3. The van der Waals surface area contributed by atoms with Crippen LogP contribution in [0.15, 0.2) is 100 Å². The number of imidazole rings is 3. The summed E-state index contributed by atoms with van der Waals surface area (Å²) in [7, 11) is 0. The SMILES string of the molecule is Cc1c(-n2c(S)nc3ccccc32)cc(-n2c(S)nc3ccccc32)cc1-n1c(S)nc2ccccc21. The van der Waals surface area contributed by atoms with Gasteiger partial charge in [-0.2, -0.15) is 0 Å². The molecule has 6 nitrogen and oxygen atoms in total. The Morgan fingerprint density at radius 2 is 0.865 bits per heavy atom. The van der Waals surface area contributed by atoms with Crippen LogP contribution in [0.3, 0.4) is 0 Å². The van der Waals surface area contributed by atoms with Gasteiger partial charge in [0, 0.05) is 0 Å². The zero-order valence-corrected chi connectivity index (χ0v) is 22.3. The van der Waals surface area contributed by atoms with Gasteiger partial charge in [0.25, 0.3) is 0 Å². The van der Waals surface area contributed by atoms with Gasteiger partial charge in [-0.05, 0) is 61.0 Å². The normalized spacial score (nSPS) is 11.8. The number of fused-ring (bicyclic) bond motifs is 3. The van der Waals surface area contributed by atoms with Crippen LogP contribution in [0.4, 0.5) is 0 Å². The zero-order chi connectivity index (χ0) is 25.3. The second kappa shape index (κ2) is 8.44. The number of rotatable bonds is 3. The van der Waals surface area contributed by atoms with Gasteiger partial charge < -0.3 is 0 Å².